The van der Waals surface area contributed by atoms with Crippen LogP contribution in [-0.4, -0.2) is 0 Å². The van der Waals surface area contributed by atoms with E-state index in [9.17, 15) is 0 Å². The van der Waals surface area contributed by atoms with Gasteiger partial charge in [0.05, 0.1) is 0 Å². The van der Waals surface area contributed by atoms with Crippen molar-refractivity contribution in [2.24, 2.45) is 0 Å². The van der Waals surface area contributed by atoms with Gasteiger partial charge in [-0.3, -0.25) is 0 Å². The molecule has 1 fully saturated rings. The minimum atomic E-state index is 0.0211. The van der Waals surface area contributed by atoms with Crippen molar-refractivity contribution < 1.29 is 0 Å². The predicted octanol–water partition coefficient (Wildman–Crippen LogP) is 12.0. The summed E-state index contributed by atoms with van der Waals surface area (Å²) in [5.41, 5.74) is 8.68. The summed E-state index contributed by atoms with van der Waals surface area (Å²) in [7, 11) is 0. The molecule has 0 radical (unpaired) electrons. The highest BCUT2D eigenvalue weighted by atomic mass is 14.3. The van der Waals surface area contributed by atoms with Gasteiger partial charge >= 0.3 is 0 Å². The summed E-state index contributed by atoms with van der Waals surface area (Å²) in [6, 6.07) is 34.2. The van der Waals surface area contributed by atoms with E-state index in [0.717, 1.165) is 6.42 Å². The van der Waals surface area contributed by atoms with Crippen LogP contribution >= 0.6 is 0 Å². The molecular weight excluding hydrogens is 492 g/mol. The molecule has 6 rings (SSSR count). The van der Waals surface area contributed by atoms with Crippen LogP contribution in [0.4, 0.5) is 0 Å². The first-order chi connectivity index (χ1) is 19.8. The zero-order valence-corrected chi connectivity index (χ0v) is 26.2. The number of fused-ring (bicyclic) bond motifs is 1. The van der Waals surface area contributed by atoms with E-state index in [4.69, 9.17) is 0 Å². The maximum Gasteiger partial charge on any atom is -0.00314 e. The Balaban J connectivity index is 0.000000610. The van der Waals surface area contributed by atoms with Crippen LogP contribution in [0.3, 0.4) is 0 Å². The quantitative estimate of drug-likeness (QED) is 0.218. The van der Waals surface area contributed by atoms with Crippen molar-refractivity contribution in [3.63, 3.8) is 0 Å². The SMILES string of the molecule is C1CCCC1.CC(c1ccccc1)C(C)(C)c1cccc2cc(C(C)(C)Cc3cccc(C4=CCCC4)c3)ccc12. The molecule has 0 saturated heterocycles. The molecule has 0 amide bonds. The standard InChI is InChI=1S/C36H40.C5H10/c1-26(28-14-7-6-8-15-28)36(4,5)34-20-12-19-31-24-32(21-22-33(31)34)35(2,3)25-27-13-11-18-30(23-27)29-16-9-10-17-29;1-2-4-5-3-1/h6-8,11-16,18-24,26H,9-10,17,25H2,1-5H3;1-5H2. The van der Waals surface area contributed by atoms with Crippen molar-refractivity contribution in [1.82, 2.24) is 0 Å². The maximum absolute atomic E-state index is 2.44. The van der Waals surface area contributed by atoms with Crippen molar-refractivity contribution in [3.8, 4) is 0 Å². The van der Waals surface area contributed by atoms with Gasteiger partial charge in [-0.2, -0.15) is 0 Å². The molecule has 214 valence electrons. The molecule has 0 heterocycles. The lowest BCUT2D eigenvalue weighted by molar-refractivity contribution is 0.440. The zero-order chi connectivity index (χ0) is 28.9. The van der Waals surface area contributed by atoms with E-state index in [1.54, 1.807) is 0 Å². The fraction of sp³-hybridized carbons (Fsp3) is 0.415. The number of hydrogen-bond donors (Lipinski definition) is 0. The van der Waals surface area contributed by atoms with Crippen LogP contribution in [0, 0.1) is 0 Å². The molecule has 0 heteroatoms. The normalized spacial score (nSPS) is 16.3. The summed E-state index contributed by atoms with van der Waals surface area (Å²) in [5.74, 6) is 0.419. The lowest BCUT2D eigenvalue weighted by Gasteiger charge is -2.34. The van der Waals surface area contributed by atoms with Crippen molar-refractivity contribution in [1.29, 1.82) is 0 Å². The van der Waals surface area contributed by atoms with Crippen LogP contribution < -0.4 is 0 Å². The van der Waals surface area contributed by atoms with Crippen LogP contribution in [0.2, 0.25) is 0 Å². The molecule has 1 atom stereocenters. The molecule has 0 aromatic heterocycles. The van der Waals surface area contributed by atoms with E-state index in [1.165, 1.54) is 95.5 Å². The second kappa shape index (κ2) is 12.8. The maximum atomic E-state index is 2.44. The monoisotopic (exact) mass is 542 g/mol. The van der Waals surface area contributed by atoms with Gasteiger partial charge in [0, 0.05) is 0 Å². The highest BCUT2D eigenvalue weighted by Crippen LogP contribution is 2.42. The molecule has 1 saturated carbocycles. The summed E-state index contributed by atoms with van der Waals surface area (Å²) < 4.78 is 0. The van der Waals surface area contributed by atoms with Gasteiger partial charge in [-0.15, -0.1) is 0 Å². The Morgan fingerprint density at radius 2 is 1.39 bits per heavy atom. The summed E-state index contributed by atoms with van der Waals surface area (Å²) in [6.45, 7) is 11.9. The Bertz CT molecular complexity index is 1460. The molecule has 41 heavy (non-hydrogen) atoms. The lowest BCUT2D eigenvalue weighted by atomic mass is 9.69. The lowest BCUT2D eigenvalue weighted by Crippen LogP contribution is -2.25. The highest BCUT2D eigenvalue weighted by Gasteiger charge is 2.31. The smallest absolute Gasteiger partial charge is 0.00314 e. The fourth-order valence-electron chi connectivity index (χ4n) is 6.97. The van der Waals surface area contributed by atoms with Crippen LogP contribution in [-0.2, 0) is 17.3 Å². The van der Waals surface area contributed by atoms with E-state index >= 15 is 0 Å². The predicted molar refractivity (Wildman–Crippen MR) is 180 cm³/mol. The Morgan fingerprint density at radius 1 is 0.683 bits per heavy atom. The van der Waals surface area contributed by atoms with E-state index < -0.39 is 0 Å². The Morgan fingerprint density at radius 3 is 2.07 bits per heavy atom. The van der Waals surface area contributed by atoms with E-state index in [-0.39, 0.29) is 10.8 Å². The van der Waals surface area contributed by atoms with Crippen LogP contribution in [0.25, 0.3) is 16.3 Å². The molecule has 0 N–H and O–H groups in total. The van der Waals surface area contributed by atoms with E-state index in [0.29, 0.717) is 5.92 Å². The molecular formula is C41H50. The summed E-state index contributed by atoms with van der Waals surface area (Å²) >= 11 is 0. The minimum Gasteiger partial charge on any atom is -0.0807 e. The number of rotatable bonds is 7. The second-order valence-electron chi connectivity index (χ2n) is 13.7. The summed E-state index contributed by atoms with van der Waals surface area (Å²) in [6.07, 6.45) is 14.7. The topological polar surface area (TPSA) is 0 Å². The van der Waals surface area contributed by atoms with Crippen molar-refractivity contribution in [2.45, 2.75) is 109 Å². The Kier molecular flexibility index (Phi) is 9.18. The molecule has 0 spiro atoms. The molecule has 0 aliphatic heterocycles. The van der Waals surface area contributed by atoms with Gasteiger partial charge in [0.1, 0.15) is 0 Å². The average molecular weight is 543 g/mol. The highest BCUT2D eigenvalue weighted by molar-refractivity contribution is 5.87. The molecule has 4 aromatic carbocycles. The van der Waals surface area contributed by atoms with Crippen molar-refractivity contribution >= 4 is 16.3 Å². The first-order valence-electron chi connectivity index (χ1n) is 16.1. The minimum absolute atomic E-state index is 0.0211. The first-order valence-corrected chi connectivity index (χ1v) is 16.1. The van der Waals surface area contributed by atoms with Gasteiger partial charge in [0.2, 0.25) is 0 Å². The third kappa shape index (κ3) is 6.86. The Labute approximate surface area is 249 Å². The van der Waals surface area contributed by atoms with Gasteiger partial charge in [0.25, 0.3) is 0 Å². The number of benzene rings is 4. The molecule has 2 aliphatic rings. The third-order valence-corrected chi connectivity index (χ3v) is 9.97. The zero-order valence-electron chi connectivity index (χ0n) is 26.2. The summed E-state index contributed by atoms with van der Waals surface area (Å²) in [5, 5.41) is 2.72. The molecule has 2 aliphatic carbocycles. The number of hydrogen-bond acceptors (Lipinski definition) is 0. The molecule has 1 unspecified atom stereocenters. The molecule has 4 aromatic rings. The average Bonchev–Trinajstić information content (AvgIpc) is 3.74. The van der Waals surface area contributed by atoms with Gasteiger partial charge < -0.3 is 0 Å². The van der Waals surface area contributed by atoms with Gasteiger partial charge in [0.15, 0.2) is 0 Å². The molecule has 0 nitrogen and oxygen atoms in total. The Hall–Kier alpha value is -3.12. The number of allylic oxidation sites excluding steroid dienone is 2. The van der Waals surface area contributed by atoms with Gasteiger partial charge in [-0.1, -0.05) is 164 Å². The van der Waals surface area contributed by atoms with Gasteiger partial charge in [-0.25, -0.2) is 0 Å². The van der Waals surface area contributed by atoms with Crippen LogP contribution in [0.15, 0.2) is 97.1 Å². The second-order valence-corrected chi connectivity index (χ2v) is 13.7. The van der Waals surface area contributed by atoms with Crippen LogP contribution in [0.1, 0.15) is 120 Å². The van der Waals surface area contributed by atoms with Crippen molar-refractivity contribution in [3.05, 3.63) is 125 Å². The third-order valence-electron chi connectivity index (χ3n) is 9.97. The molecule has 0 bridgehead atoms. The van der Waals surface area contributed by atoms with Crippen molar-refractivity contribution in [2.75, 3.05) is 0 Å². The fourth-order valence-corrected chi connectivity index (χ4v) is 6.97. The largest absolute Gasteiger partial charge is 0.0807 e. The van der Waals surface area contributed by atoms with E-state index in [1.807, 2.05) is 0 Å². The summed E-state index contributed by atoms with van der Waals surface area (Å²) in [4.78, 5) is 0. The van der Waals surface area contributed by atoms with Gasteiger partial charge in [-0.05, 0) is 86.6 Å². The van der Waals surface area contributed by atoms with Crippen LogP contribution in [0.5, 0.6) is 0 Å². The first kappa shape index (κ1) is 29.4. The van der Waals surface area contributed by atoms with E-state index in [2.05, 4.69) is 132 Å².